The fourth-order valence-electron chi connectivity index (χ4n) is 2.86. The number of benzene rings is 1. The number of rotatable bonds is 5. The molecule has 1 N–H and O–H groups in total. The molecule has 1 fully saturated rings. The Balaban J connectivity index is 2.11. The Labute approximate surface area is 156 Å². The van der Waals surface area contributed by atoms with E-state index in [1.165, 1.54) is 11.6 Å². The van der Waals surface area contributed by atoms with Crippen LogP contribution in [0.2, 0.25) is 0 Å². The Morgan fingerprint density at radius 2 is 2.00 bits per heavy atom. The molecule has 7 nitrogen and oxygen atoms in total. The summed E-state index contributed by atoms with van der Waals surface area (Å²) < 4.78 is 59.6. The van der Waals surface area contributed by atoms with Crippen LogP contribution in [0.3, 0.4) is 0 Å². The van der Waals surface area contributed by atoms with Gasteiger partial charge in [-0.05, 0) is 25.8 Å². The lowest BCUT2D eigenvalue weighted by atomic mass is 9.85. The van der Waals surface area contributed by atoms with Crippen LogP contribution in [0.15, 0.2) is 16.9 Å². The number of hydrogen-bond donors (Lipinski definition) is 1. The highest BCUT2D eigenvalue weighted by atomic mass is 19.4. The third-order valence-corrected chi connectivity index (χ3v) is 4.76. The molecular weight excluding hydrogens is 386 g/mol. The Kier molecular flexibility index (Phi) is 4.94. The zero-order valence-corrected chi connectivity index (χ0v) is 15.0. The number of carboxylic acids is 1. The van der Waals surface area contributed by atoms with Crippen LogP contribution in [0, 0.1) is 5.82 Å². The van der Waals surface area contributed by atoms with Gasteiger partial charge in [-0.15, -0.1) is 5.10 Å². The van der Waals surface area contributed by atoms with Gasteiger partial charge in [-0.2, -0.15) is 17.9 Å². The molecule has 0 spiro atoms. The molecule has 1 heterocycles. The van der Waals surface area contributed by atoms with E-state index in [9.17, 15) is 27.2 Å². The number of hydrogen-bond acceptors (Lipinski definition) is 4. The average molecular weight is 403 g/mol. The fraction of sp³-hybridized carbons (Fsp3) is 0.471. The molecule has 1 saturated carbocycles. The van der Waals surface area contributed by atoms with Crippen molar-refractivity contribution in [3.05, 3.63) is 39.8 Å². The minimum absolute atomic E-state index is 0.0428. The van der Waals surface area contributed by atoms with Gasteiger partial charge in [-0.1, -0.05) is 6.42 Å². The zero-order valence-electron chi connectivity index (χ0n) is 15.0. The number of alkyl halides is 3. The van der Waals surface area contributed by atoms with Crippen molar-refractivity contribution in [1.82, 2.24) is 14.3 Å². The molecule has 0 aliphatic heterocycles. The van der Waals surface area contributed by atoms with Crippen molar-refractivity contribution in [1.29, 1.82) is 0 Å². The summed E-state index contributed by atoms with van der Waals surface area (Å²) in [5.41, 5.74) is -1.97. The van der Waals surface area contributed by atoms with Crippen LogP contribution in [-0.4, -0.2) is 37.7 Å². The minimum Gasteiger partial charge on any atom is -0.480 e. The summed E-state index contributed by atoms with van der Waals surface area (Å²) in [6.45, 7) is 0.691. The van der Waals surface area contributed by atoms with Crippen molar-refractivity contribution < 1.29 is 32.2 Å². The molecule has 0 unspecified atom stereocenters. The van der Waals surface area contributed by atoms with Gasteiger partial charge in [0, 0.05) is 19.0 Å². The third-order valence-electron chi connectivity index (χ3n) is 4.76. The van der Waals surface area contributed by atoms with Crippen LogP contribution in [-0.2, 0) is 7.05 Å². The molecule has 3 rings (SSSR count). The van der Waals surface area contributed by atoms with Crippen molar-refractivity contribution in [3.8, 4) is 11.4 Å². The molecule has 1 aliphatic rings. The normalized spacial score (nSPS) is 15.9. The third kappa shape index (κ3) is 3.48. The Bertz CT molecular complexity index is 976. The van der Waals surface area contributed by atoms with Gasteiger partial charge < -0.3 is 9.84 Å². The fourth-order valence-corrected chi connectivity index (χ4v) is 2.86. The molecule has 1 aromatic heterocycles. The van der Waals surface area contributed by atoms with E-state index in [1.807, 2.05) is 0 Å². The first kappa shape index (κ1) is 19.9. The predicted octanol–water partition coefficient (Wildman–Crippen LogP) is 3.01. The molecule has 0 radical (unpaired) electrons. The molecule has 0 saturated heterocycles. The molecular formula is C17H17F4N3O4. The monoisotopic (exact) mass is 403 g/mol. The SMILES string of the molecule is C[C@H](Oc1cc(-n2nc(C3CCC3)n(C)c2=O)c(F)cc1C(=O)O)C(F)(F)F. The first-order valence-electron chi connectivity index (χ1n) is 8.47. The molecule has 11 heteroatoms. The lowest BCUT2D eigenvalue weighted by molar-refractivity contribution is -0.189. The Morgan fingerprint density at radius 1 is 1.36 bits per heavy atom. The number of aromatic nitrogens is 3. The molecule has 152 valence electrons. The highest BCUT2D eigenvalue weighted by Crippen LogP contribution is 2.35. The van der Waals surface area contributed by atoms with E-state index in [-0.39, 0.29) is 5.92 Å². The van der Waals surface area contributed by atoms with Gasteiger partial charge >= 0.3 is 17.8 Å². The molecule has 1 atom stereocenters. The summed E-state index contributed by atoms with van der Waals surface area (Å²) in [5.74, 6) is -3.02. The van der Waals surface area contributed by atoms with E-state index in [0.29, 0.717) is 23.5 Å². The first-order valence-corrected chi connectivity index (χ1v) is 8.47. The quantitative estimate of drug-likeness (QED) is 0.776. The lowest BCUT2D eigenvalue weighted by Crippen LogP contribution is -2.32. The predicted molar refractivity (Wildman–Crippen MR) is 88.5 cm³/mol. The summed E-state index contributed by atoms with van der Waals surface area (Å²) in [4.78, 5) is 23.8. The minimum atomic E-state index is -4.76. The largest absolute Gasteiger partial charge is 0.480 e. The summed E-state index contributed by atoms with van der Waals surface area (Å²) in [5, 5.41) is 13.3. The van der Waals surface area contributed by atoms with E-state index in [4.69, 9.17) is 9.84 Å². The standard InChI is InChI=1S/C17H17F4N3O4/c1-8(17(19,20)21)28-13-7-12(11(18)6-10(13)15(25)26)24-16(27)23(2)14(22-24)9-4-3-5-9/h6-9H,3-5H2,1-2H3,(H,25,26)/t8-/m0/s1. The average Bonchev–Trinajstić information content (AvgIpc) is 2.82. The maximum Gasteiger partial charge on any atom is 0.425 e. The number of carbonyl (C=O) groups is 1. The number of halogens is 4. The van der Waals surface area contributed by atoms with Crippen molar-refractivity contribution in [3.63, 3.8) is 0 Å². The Morgan fingerprint density at radius 3 is 2.50 bits per heavy atom. The van der Waals surface area contributed by atoms with E-state index < -0.39 is 46.8 Å². The number of ether oxygens (including phenoxy) is 1. The molecule has 1 aromatic carbocycles. The first-order chi connectivity index (χ1) is 13.0. The van der Waals surface area contributed by atoms with Crippen LogP contribution in [0.5, 0.6) is 5.75 Å². The number of carboxylic acid groups (broad SMARTS) is 1. The van der Waals surface area contributed by atoms with Gasteiger partial charge in [0.15, 0.2) is 6.10 Å². The van der Waals surface area contributed by atoms with Gasteiger partial charge in [-0.3, -0.25) is 4.57 Å². The van der Waals surface area contributed by atoms with Gasteiger partial charge in [0.25, 0.3) is 0 Å². The second kappa shape index (κ2) is 6.95. The van der Waals surface area contributed by atoms with E-state index in [2.05, 4.69) is 5.10 Å². The molecule has 2 aromatic rings. The van der Waals surface area contributed by atoms with Crippen LogP contribution >= 0.6 is 0 Å². The summed E-state index contributed by atoms with van der Waals surface area (Å²) in [7, 11) is 1.46. The highest BCUT2D eigenvalue weighted by molar-refractivity contribution is 5.91. The maximum absolute atomic E-state index is 14.5. The van der Waals surface area contributed by atoms with Gasteiger partial charge in [-0.25, -0.2) is 14.0 Å². The highest BCUT2D eigenvalue weighted by Gasteiger charge is 2.39. The van der Waals surface area contributed by atoms with Gasteiger partial charge in [0.2, 0.25) is 0 Å². The van der Waals surface area contributed by atoms with E-state index >= 15 is 0 Å². The second-order valence-corrected chi connectivity index (χ2v) is 6.65. The molecule has 28 heavy (non-hydrogen) atoms. The number of aromatic carboxylic acids is 1. The maximum atomic E-state index is 14.5. The molecule has 1 aliphatic carbocycles. The van der Waals surface area contributed by atoms with Crippen LogP contribution in [0.4, 0.5) is 17.6 Å². The van der Waals surface area contributed by atoms with Crippen LogP contribution < -0.4 is 10.4 Å². The summed E-state index contributed by atoms with van der Waals surface area (Å²) in [6, 6.07) is 1.26. The van der Waals surface area contributed by atoms with Crippen molar-refractivity contribution in [2.24, 2.45) is 7.05 Å². The van der Waals surface area contributed by atoms with Gasteiger partial charge in [0.05, 0.1) is 0 Å². The Hall–Kier alpha value is -2.85. The van der Waals surface area contributed by atoms with Crippen molar-refractivity contribution >= 4 is 5.97 Å². The number of nitrogens with zero attached hydrogens (tertiary/aromatic N) is 3. The smallest absolute Gasteiger partial charge is 0.425 e. The van der Waals surface area contributed by atoms with E-state index in [0.717, 1.165) is 25.3 Å². The van der Waals surface area contributed by atoms with E-state index in [1.54, 1.807) is 0 Å². The molecule has 0 amide bonds. The molecule has 0 bridgehead atoms. The van der Waals surface area contributed by atoms with Crippen molar-refractivity contribution in [2.75, 3.05) is 0 Å². The zero-order chi connectivity index (χ0) is 20.8. The summed E-state index contributed by atoms with van der Waals surface area (Å²) in [6.07, 6.45) is -4.48. The second-order valence-electron chi connectivity index (χ2n) is 6.65. The van der Waals surface area contributed by atoms with Gasteiger partial charge in [0.1, 0.15) is 28.6 Å². The van der Waals surface area contributed by atoms with Crippen LogP contribution in [0.25, 0.3) is 5.69 Å². The van der Waals surface area contributed by atoms with Crippen LogP contribution in [0.1, 0.15) is 48.3 Å². The topological polar surface area (TPSA) is 86.4 Å². The lowest BCUT2D eigenvalue weighted by Gasteiger charge is -2.23. The van der Waals surface area contributed by atoms with Crippen molar-refractivity contribution in [2.45, 2.75) is 44.4 Å². The summed E-state index contributed by atoms with van der Waals surface area (Å²) >= 11 is 0.